The maximum absolute atomic E-state index is 14.3. The summed E-state index contributed by atoms with van der Waals surface area (Å²) in [6.45, 7) is 16.2. The predicted molar refractivity (Wildman–Crippen MR) is 191 cm³/mol. The van der Waals surface area contributed by atoms with E-state index in [4.69, 9.17) is 0 Å². The van der Waals surface area contributed by atoms with Crippen LogP contribution in [-0.2, 0) is 25.6 Å². The van der Waals surface area contributed by atoms with E-state index in [1.807, 2.05) is 97.1 Å². The fraction of sp³-hybridized carbons (Fsp3) is 0.349. The van der Waals surface area contributed by atoms with Crippen LogP contribution in [0.2, 0.25) is 0 Å². The van der Waals surface area contributed by atoms with Crippen LogP contribution in [0, 0.1) is 45.3 Å². The van der Waals surface area contributed by atoms with Gasteiger partial charge in [-0.2, -0.15) is 0 Å². The zero-order valence-electron chi connectivity index (χ0n) is 27.9. The smallest absolute Gasteiger partial charge is 0.242 e. The highest BCUT2D eigenvalue weighted by Gasteiger charge is 2.78. The Kier molecular flexibility index (Phi) is 6.95. The van der Waals surface area contributed by atoms with E-state index in [9.17, 15) is 19.2 Å². The fourth-order valence-electron chi connectivity index (χ4n) is 11.2. The molecule has 2 aromatic rings. The molecule has 0 aromatic heterocycles. The molecule has 6 nitrogen and oxygen atoms in total. The van der Waals surface area contributed by atoms with Crippen molar-refractivity contribution in [3.05, 3.63) is 135 Å². The van der Waals surface area contributed by atoms with Gasteiger partial charge in [-0.3, -0.25) is 19.2 Å². The second kappa shape index (κ2) is 10.8. The maximum Gasteiger partial charge on any atom is 0.242 e. The monoisotopic (exact) mass is 650 g/mol. The number of rotatable bonds is 8. The molecule has 49 heavy (non-hydrogen) atoms. The summed E-state index contributed by atoms with van der Waals surface area (Å²) in [5.41, 5.74) is -0.133. The van der Waals surface area contributed by atoms with Crippen LogP contribution in [0.5, 0.6) is 0 Å². The van der Waals surface area contributed by atoms with E-state index in [0.29, 0.717) is 56.3 Å². The Hall–Kier alpha value is -4.84. The van der Waals surface area contributed by atoms with Gasteiger partial charge in [0.25, 0.3) is 0 Å². The summed E-state index contributed by atoms with van der Waals surface area (Å²) in [5.74, 6) is -0.926. The SMILES string of the molecule is C=C[C@@H]1C[C@H](C=C)[C@]23CC=CC[C@]12C(=O)N(c1ccc(Cc2ccc(N4C(=O)[C@]56CC=CC[C@@]5(C4=O)[C@@H](C=C)C[C@H]6C=C)cc2)cc1)C3=O. The van der Waals surface area contributed by atoms with Gasteiger partial charge < -0.3 is 0 Å². The summed E-state index contributed by atoms with van der Waals surface area (Å²) in [7, 11) is 0. The van der Waals surface area contributed by atoms with Crippen LogP contribution in [0.1, 0.15) is 49.7 Å². The third-order valence-electron chi connectivity index (χ3n) is 13.5. The number of anilines is 2. The Bertz CT molecular complexity index is 1680. The number of benzene rings is 2. The van der Waals surface area contributed by atoms with E-state index in [1.165, 1.54) is 9.80 Å². The van der Waals surface area contributed by atoms with Gasteiger partial charge in [0.1, 0.15) is 0 Å². The number of amides is 4. The number of hydrogen-bond acceptors (Lipinski definition) is 4. The Morgan fingerprint density at radius 1 is 0.490 bits per heavy atom. The Morgan fingerprint density at radius 2 is 0.755 bits per heavy atom. The molecule has 0 N–H and O–H groups in total. The topological polar surface area (TPSA) is 74.8 Å². The molecule has 8 rings (SSSR count). The maximum atomic E-state index is 14.3. The van der Waals surface area contributed by atoms with Crippen LogP contribution in [0.4, 0.5) is 11.4 Å². The standard InChI is InChI=1S/C43H42N2O4/c1-5-30-26-31(6-2)41-22-10-9-21-40(30,41)36(46)44(37(41)47)34-17-13-28(14-18-34)25-29-15-19-35(20-16-29)45-38(48)42-23-11-12-24-43(42,39(45)49)33(8-4)27-32(42)7-3/h5-20,30-33H,1-4,21-27H2/t30-,31+,32-,33+,40-,41+,42-,43+. The van der Waals surface area contributed by atoms with Crippen molar-refractivity contribution in [2.75, 3.05) is 9.80 Å². The number of carbonyl (C=O) groups excluding carboxylic acids is 4. The first kappa shape index (κ1) is 31.4. The van der Waals surface area contributed by atoms with Crippen molar-refractivity contribution in [2.45, 2.75) is 44.9 Å². The Labute approximate surface area is 288 Å². The molecule has 6 heteroatoms. The van der Waals surface area contributed by atoms with Crippen molar-refractivity contribution in [2.24, 2.45) is 45.3 Å². The first-order valence-corrected chi connectivity index (χ1v) is 17.5. The summed E-state index contributed by atoms with van der Waals surface area (Å²) >= 11 is 0. The highest BCUT2D eigenvalue weighted by molar-refractivity contribution is 6.27. The first-order chi connectivity index (χ1) is 23.7. The third kappa shape index (κ3) is 3.57. The molecule has 2 aromatic carbocycles. The molecule has 0 radical (unpaired) electrons. The second-order valence-corrected chi connectivity index (χ2v) is 14.9. The van der Waals surface area contributed by atoms with Gasteiger partial charge in [0.15, 0.2) is 0 Å². The summed E-state index contributed by atoms with van der Waals surface area (Å²) in [6, 6.07) is 15.3. The van der Waals surface area contributed by atoms with Crippen LogP contribution >= 0.6 is 0 Å². The molecule has 6 aliphatic rings. The highest BCUT2D eigenvalue weighted by Crippen LogP contribution is 2.71. The third-order valence-corrected chi connectivity index (χ3v) is 13.5. The van der Waals surface area contributed by atoms with Crippen molar-refractivity contribution in [1.29, 1.82) is 0 Å². The molecule has 0 bridgehead atoms. The largest absolute Gasteiger partial charge is 0.273 e. The number of nitrogens with zero attached hydrogens (tertiary/aromatic N) is 2. The average Bonchev–Trinajstić information content (AvgIpc) is 3.75. The van der Waals surface area contributed by atoms with E-state index in [-0.39, 0.29) is 47.3 Å². The van der Waals surface area contributed by atoms with Crippen LogP contribution in [0.15, 0.2) is 123 Å². The van der Waals surface area contributed by atoms with Crippen molar-refractivity contribution < 1.29 is 19.2 Å². The number of carbonyl (C=O) groups is 4. The molecule has 8 atom stereocenters. The van der Waals surface area contributed by atoms with Gasteiger partial charge in [0.2, 0.25) is 23.6 Å². The summed E-state index contributed by atoms with van der Waals surface area (Å²) < 4.78 is 0. The fourth-order valence-corrected chi connectivity index (χ4v) is 11.2. The lowest BCUT2D eigenvalue weighted by molar-refractivity contribution is -0.135. The normalized spacial score (nSPS) is 37.1. The lowest BCUT2D eigenvalue weighted by Crippen LogP contribution is -2.47. The van der Waals surface area contributed by atoms with Gasteiger partial charge in [-0.25, -0.2) is 9.80 Å². The minimum atomic E-state index is -0.830. The molecular weight excluding hydrogens is 608 g/mol. The van der Waals surface area contributed by atoms with Crippen LogP contribution in [-0.4, -0.2) is 23.6 Å². The lowest BCUT2D eigenvalue weighted by atomic mass is 9.56. The molecule has 2 saturated heterocycles. The van der Waals surface area contributed by atoms with Crippen LogP contribution in [0.25, 0.3) is 0 Å². The lowest BCUT2D eigenvalue weighted by Gasteiger charge is -2.41. The molecule has 2 aliphatic heterocycles. The number of allylic oxidation sites excluding steroid dienone is 8. The van der Waals surface area contributed by atoms with Gasteiger partial charge in [0.05, 0.1) is 33.0 Å². The van der Waals surface area contributed by atoms with Crippen LogP contribution < -0.4 is 9.80 Å². The van der Waals surface area contributed by atoms with Gasteiger partial charge in [0, 0.05) is 0 Å². The number of imide groups is 2. The molecule has 4 aliphatic carbocycles. The zero-order valence-corrected chi connectivity index (χ0v) is 27.9. The Balaban J connectivity index is 1.04. The van der Waals surface area contributed by atoms with E-state index >= 15 is 0 Å². The van der Waals surface area contributed by atoms with Gasteiger partial charge in [-0.05, 0) is 104 Å². The predicted octanol–water partition coefficient (Wildman–Crippen LogP) is 7.69. The van der Waals surface area contributed by atoms with Crippen molar-refractivity contribution >= 4 is 35.0 Å². The molecule has 4 amide bonds. The van der Waals surface area contributed by atoms with Crippen molar-refractivity contribution in [3.63, 3.8) is 0 Å². The first-order valence-electron chi connectivity index (χ1n) is 17.5. The summed E-state index contributed by atoms with van der Waals surface area (Å²) in [4.78, 5) is 60.0. The van der Waals surface area contributed by atoms with Gasteiger partial charge in [-0.15, -0.1) is 26.3 Å². The molecule has 248 valence electrons. The van der Waals surface area contributed by atoms with Gasteiger partial charge in [-0.1, -0.05) is 72.9 Å². The highest BCUT2D eigenvalue weighted by atomic mass is 16.2. The number of hydrogen-bond donors (Lipinski definition) is 0. The minimum Gasteiger partial charge on any atom is -0.273 e. The van der Waals surface area contributed by atoms with Gasteiger partial charge >= 0.3 is 0 Å². The van der Waals surface area contributed by atoms with E-state index in [1.54, 1.807) is 0 Å². The van der Waals surface area contributed by atoms with E-state index in [2.05, 4.69) is 26.3 Å². The van der Waals surface area contributed by atoms with Crippen molar-refractivity contribution in [1.82, 2.24) is 0 Å². The minimum absolute atomic E-state index is 0.0956. The Morgan fingerprint density at radius 3 is 1.00 bits per heavy atom. The zero-order chi connectivity index (χ0) is 34.3. The van der Waals surface area contributed by atoms with E-state index < -0.39 is 21.7 Å². The molecule has 0 spiro atoms. The molecule has 0 unspecified atom stereocenters. The second-order valence-electron chi connectivity index (χ2n) is 14.9. The van der Waals surface area contributed by atoms with Crippen LogP contribution in [0.3, 0.4) is 0 Å². The van der Waals surface area contributed by atoms with E-state index in [0.717, 1.165) is 11.1 Å². The summed E-state index contributed by atoms with van der Waals surface area (Å²) in [5, 5.41) is 0. The quantitative estimate of drug-likeness (QED) is 0.217. The van der Waals surface area contributed by atoms with Crippen molar-refractivity contribution in [3.8, 4) is 0 Å². The summed E-state index contributed by atoms with van der Waals surface area (Å²) in [6.07, 6.45) is 19.8. The average molecular weight is 651 g/mol. The molecule has 2 heterocycles. The molecule has 2 saturated carbocycles. The molecule has 4 fully saturated rings. The molecular formula is C43H42N2O4.